The molecule has 0 radical (unpaired) electrons. The summed E-state index contributed by atoms with van der Waals surface area (Å²) in [6.45, 7) is 0.946. The zero-order chi connectivity index (χ0) is 26.5. The maximum absolute atomic E-state index is 10.5. The Hall–Kier alpha value is -1.70. The van der Waals surface area contributed by atoms with Crippen LogP contribution in [0.3, 0.4) is 0 Å². The van der Waals surface area contributed by atoms with Crippen LogP contribution in [0.5, 0.6) is 0 Å². The van der Waals surface area contributed by atoms with Crippen molar-refractivity contribution in [2.24, 2.45) is 5.41 Å². The molecule has 0 spiro atoms. The summed E-state index contributed by atoms with van der Waals surface area (Å²) >= 11 is 0. The number of benzene rings is 2. The minimum Gasteiger partial charge on any atom is -0.550 e. The molecule has 38 heavy (non-hydrogen) atoms. The second kappa shape index (κ2) is 17.1. The number of aliphatic hydroxyl groups is 1. The number of hydrogen-bond acceptors (Lipinski definition) is 5. The van der Waals surface area contributed by atoms with E-state index in [0.29, 0.717) is 0 Å². The fraction of sp³-hybridized carbons (Fsp3) is 0.548. The number of carboxylic acid groups (broad SMARTS) is 2. The smallest absolute Gasteiger partial charge is 0.550 e. The van der Waals surface area contributed by atoms with Crippen molar-refractivity contribution >= 4 is 11.9 Å². The molecule has 2 aromatic carbocycles. The van der Waals surface area contributed by atoms with Gasteiger partial charge in [-0.3, -0.25) is 4.79 Å². The van der Waals surface area contributed by atoms with E-state index in [1.807, 2.05) is 0 Å². The van der Waals surface area contributed by atoms with Gasteiger partial charge in [0, 0.05) is 19.0 Å². The first kappa shape index (κ1) is 32.5. The van der Waals surface area contributed by atoms with E-state index in [2.05, 4.69) is 53.8 Å². The Balaban J connectivity index is 0.000000330. The van der Waals surface area contributed by atoms with Crippen LogP contribution in [-0.4, -0.2) is 35.3 Å². The van der Waals surface area contributed by atoms with Gasteiger partial charge in [0.25, 0.3) is 0 Å². The summed E-state index contributed by atoms with van der Waals surface area (Å²) in [5, 5.41) is 32.0. The largest absolute Gasteiger partial charge is 1.00 e. The van der Waals surface area contributed by atoms with E-state index in [1.54, 1.807) is 0 Å². The summed E-state index contributed by atoms with van der Waals surface area (Å²) in [6.07, 6.45) is 11.3. The topological polar surface area (TPSA) is 110 Å². The van der Waals surface area contributed by atoms with E-state index in [1.165, 1.54) is 22.3 Å². The van der Waals surface area contributed by atoms with E-state index in [-0.39, 0.29) is 60.5 Å². The summed E-state index contributed by atoms with van der Waals surface area (Å²) < 4.78 is 0. The molecule has 1 saturated carbocycles. The SMILES string of the molecule is O=C(O)CCCCCCNC1c2ccccc2CCc2ccccc21.O=C([O-])CC1(CO)CCCCC1.[Na+]. The summed E-state index contributed by atoms with van der Waals surface area (Å²) in [7, 11) is 0. The number of aliphatic hydroxyl groups excluding tert-OH is 1. The number of aliphatic carboxylic acids is 2. The van der Waals surface area contributed by atoms with Gasteiger partial charge in [0.2, 0.25) is 0 Å². The molecule has 4 rings (SSSR count). The third-order valence-corrected chi connectivity index (χ3v) is 7.83. The predicted molar refractivity (Wildman–Crippen MR) is 143 cm³/mol. The Kier molecular flexibility index (Phi) is 14.6. The zero-order valence-electron chi connectivity index (χ0n) is 22.9. The zero-order valence-corrected chi connectivity index (χ0v) is 24.9. The number of hydrogen-bond donors (Lipinski definition) is 3. The van der Waals surface area contributed by atoms with Gasteiger partial charge in [-0.05, 0) is 79.2 Å². The number of unbranched alkanes of at least 4 members (excludes halogenated alkanes) is 3. The number of carbonyl (C=O) groups is 2. The molecule has 202 valence electrons. The van der Waals surface area contributed by atoms with Crippen molar-refractivity contribution in [3.63, 3.8) is 0 Å². The van der Waals surface area contributed by atoms with Gasteiger partial charge >= 0.3 is 35.5 Å². The summed E-state index contributed by atoms with van der Waals surface area (Å²) in [6, 6.07) is 17.8. The molecule has 1 fully saturated rings. The van der Waals surface area contributed by atoms with Crippen molar-refractivity contribution in [1.82, 2.24) is 5.32 Å². The monoisotopic (exact) mass is 531 g/mol. The summed E-state index contributed by atoms with van der Waals surface area (Å²) in [4.78, 5) is 21.0. The van der Waals surface area contributed by atoms with Crippen LogP contribution in [-0.2, 0) is 22.4 Å². The van der Waals surface area contributed by atoms with Crippen molar-refractivity contribution in [3.8, 4) is 0 Å². The second-order valence-electron chi connectivity index (χ2n) is 10.6. The van der Waals surface area contributed by atoms with Crippen LogP contribution in [0.1, 0.15) is 98.9 Å². The van der Waals surface area contributed by atoms with E-state index in [4.69, 9.17) is 10.2 Å². The molecule has 2 aromatic rings. The molecule has 2 aliphatic rings. The maximum Gasteiger partial charge on any atom is 1.00 e. The Morgan fingerprint density at radius 3 is 1.95 bits per heavy atom. The van der Waals surface area contributed by atoms with E-state index in [0.717, 1.165) is 77.2 Å². The number of carbonyl (C=O) groups excluding carboxylic acids is 1. The Morgan fingerprint density at radius 1 is 0.868 bits per heavy atom. The number of nitrogens with one attached hydrogen (secondary N) is 1. The molecule has 0 amide bonds. The van der Waals surface area contributed by atoms with Gasteiger partial charge in [0.1, 0.15) is 0 Å². The van der Waals surface area contributed by atoms with Crippen LogP contribution < -0.4 is 40.0 Å². The van der Waals surface area contributed by atoms with Gasteiger partial charge < -0.3 is 25.4 Å². The third-order valence-electron chi connectivity index (χ3n) is 7.83. The fourth-order valence-electron chi connectivity index (χ4n) is 5.74. The molecular formula is C31H42NNaO5. The molecule has 0 unspecified atom stereocenters. The first-order valence-electron chi connectivity index (χ1n) is 13.9. The van der Waals surface area contributed by atoms with Crippen molar-refractivity contribution < 1.29 is 54.5 Å². The molecule has 0 heterocycles. The standard InChI is InChI=1S/C22H27NO2.C9H16O3.Na/c24-21(25)13-3-1-2-8-16-23-22-19-11-6-4-9-17(19)14-15-18-10-5-7-12-20(18)22;10-7-9(6-8(11)12)4-2-1-3-5-9;/h4-7,9-12,22-23H,1-3,8,13-16H2,(H,24,25);10H,1-7H2,(H,11,12);/q;;+1/p-1. The molecule has 0 saturated heterocycles. The van der Waals surface area contributed by atoms with Crippen LogP contribution in [0.4, 0.5) is 0 Å². The molecule has 0 aliphatic heterocycles. The van der Waals surface area contributed by atoms with E-state index >= 15 is 0 Å². The molecular weight excluding hydrogens is 489 g/mol. The van der Waals surface area contributed by atoms with Crippen LogP contribution >= 0.6 is 0 Å². The first-order valence-corrected chi connectivity index (χ1v) is 13.9. The Morgan fingerprint density at radius 2 is 1.42 bits per heavy atom. The molecule has 2 aliphatic carbocycles. The van der Waals surface area contributed by atoms with Gasteiger partial charge in [-0.15, -0.1) is 0 Å². The van der Waals surface area contributed by atoms with Gasteiger partial charge in [-0.1, -0.05) is 80.6 Å². The minimum atomic E-state index is -1.04. The normalized spacial score (nSPS) is 16.0. The molecule has 6 nitrogen and oxygen atoms in total. The summed E-state index contributed by atoms with van der Waals surface area (Å²) in [5.74, 6) is -1.73. The minimum absolute atomic E-state index is 0. The van der Waals surface area contributed by atoms with E-state index in [9.17, 15) is 14.7 Å². The molecule has 7 heteroatoms. The molecule has 0 bridgehead atoms. The summed E-state index contributed by atoms with van der Waals surface area (Å²) in [5.41, 5.74) is 5.32. The number of fused-ring (bicyclic) bond motifs is 2. The quantitative estimate of drug-likeness (QED) is 0.300. The van der Waals surface area contributed by atoms with Gasteiger partial charge in [-0.2, -0.15) is 0 Å². The van der Waals surface area contributed by atoms with Gasteiger partial charge in [0.15, 0.2) is 0 Å². The average molecular weight is 532 g/mol. The molecule has 3 N–H and O–H groups in total. The van der Waals surface area contributed by atoms with Crippen molar-refractivity contribution in [2.45, 2.75) is 89.5 Å². The molecule has 0 atom stereocenters. The van der Waals surface area contributed by atoms with Gasteiger partial charge in [0.05, 0.1) is 6.04 Å². The maximum atomic E-state index is 10.5. The van der Waals surface area contributed by atoms with E-state index < -0.39 is 11.9 Å². The van der Waals surface area contributed by atoms with Crippen LogP contribution in [0.25, 0.3) is 0 Å². The van der Waals surface area contributed by atoms with Crippen LogP contribution in [0, 0.1) is 5.41 Å². The van der Waals surface area contributed by atoms with Crippen LogP contribution in [0.2, 0.25) is 0 Å². The molecule has 0 aromatic heterocycles. The number of carboxylic acids is 2. The van der Waals surface area contributed by atoms with Crippen molar-refractivity contribution in [3.05, 3.63) is 70.8 Å². The fourth-order valence-corrected chi connectivity index (χ4v) is 5.74. The second-order valence-corrected chi connectivity index (χ2v) is 10.6. The van der Waals surface area contributed by atoms with Crippen molar-refractivity contribution in [2.75, 3.05) is 13.2 Å². The Bertz CT molecular complexity index is 958. The van der Waals surface area contributed by atoms with Crippen LogP contribution in [0.15, 0.2) is 48.5 Å². The van der Waals surface area contributed by atoms with Crippen molar-refractivity contribution in [1.29, 1.82) is 0 Å². The first-order chi connectivity index (χ1) is 17.9. The number of rotatable bonds is 11. The average Bonchev–Trinajstić information content (AvgIpc) is 3.05. The van der Waals surface area contributed by atoms with Gasteiger partial charge in [-0.25, -0.2) is 0 Å². The number of aryl methyl sites for hydroxylation is 2. The third kappa shape index (κ3) is 10.1. The predicted octanol–water partition coefficient (Wildman–Crippen LogP) is 1.57. The Labute approximate surface area is 249 Å².